The number of aryl methyl sites for hydroxylation is 1. The molecule has 0 spiro atoms. The van der Waals surface area contributed by atoms with Gasteiger partial charge in [-0.1, -0.05) is 18.2 Å². The Morgan fingerprint density at radius 2 is 1.76 bits per heavy atom. The zero-order valence-corrected chi connectivity index (χ0v) is 12.1. The molecular formula is C16H19N3O2. The van der Waals surface area contributed by atoms with Crippen LogP contribution in [-0.2, 0) is 7.05 Å². The van der Waals surface area contributed by atoms with Gasteiger partial charge in [-0.2, -0.15) is 0 Å². The predicted octanol–water partition coefficient (Wildman–Crippen LogP) is 2.56. The zero-order chi connectivity index (χ0) is 14.8. The van der Waals surface area contributed by atoms with E-state index in [1.54, 1.807) is 19.3 Å². The number of pyridine rings is 1. The Balaban J connectivity index is 1.95. The van der Waals surface area contributed by atoms with Gasteiger partial charge in [0.25, 0.3) is 5.56 Å². The van der Waals surface area contributed by atoms with Gasteiger partial charge in [0, 0.05) is 37.1 Å². The number of benzene rings is 1. The summed E-state index contributed by atoms with van der Waals surface area (Å²) >= 11 is 0. The van der Waals surface area contributed by atoms with Crippen LogP contribution in [0.1, 0.15) is 19.3 Å². The van der Waals surface area contributed by atoms with Crippen molar-refractivity contribution < 1.29 is 4.79 Å². The molecule has 5 heteroatoms. The maximum absolute atomic E-state index is 12.3. The van der Waals surface area contributed by atoms with Crippen molar-refractivity contribution in [1.82, 2.24) is 9.47 Å². The fourth-order valence-electron chi connectivity index (χ4n) is 2.81. The number of fused-ring (bicyclic) bond motifs is 1. The number of likely N-dealkylation sites (tertiary alicyclic amines) is 1. The topological polar surface area (TPSA) is 54.3 Å². The minimum atomic E-state index is -0.0847. The Morgan fingerprint density at radius 3 is 2.48 bits per heavy atom. The van der Waals surface area contributed by atoms with Crippen LogP contribution in [0.4, 0.5) is 10.5 Å². The molecule has 0 bridgehead atoms. The summed E-state index contributed by atoms with van der Waals surface area (Å²) < 4.78 is 1.51. The van der Waals surface area contributed by atoms with Crippen molar-refractivity contribution >= 4 is 22.5 Å². The van der Waals surface area contributed by atoms with E-state index in [1.807, 2.05) is 23.1 Å². The summed E-state index contributed by atoms with van der Waals surface area (Å²) in [6, 6.07) is 7.27. The highest BCUT2D eigenvalue weighted by molar-refractivity contribution is 6.00. The molecular weight excluding hydrogens is 266 g/mol. The second-order valence-corrected chi connectivity index (χ2v) is 5.48. The Labute approximate surface area is 123 Å². The second kappa shape index (κ2) is 5.60. The monoisotopic (exact) mass is 285 g/mol. The van der Waals surface area contributed by atoms with Crippen molar-refractivity contribution in [2.45, 2.75) is 19.3 Å². The number of anilines is 1. The van der Waals surface area contributed by atoms with Gasteiger partial charge in [0.05, 0.1) is 5.69 Å². The molecule has 3 rings (SSSR count). The molecule has 1 fully saturated rings. The van der Waals surface area contributed by atoms with Crippen molar-refractivity contribution in [2.24, 2.45) is 7.05 Å². The quantitative estimate of drug-likeness (QED) is 0.875. The average molecular weight is 285 g/mol. The number of amides is 2. The zero-order valence-electron chi connectivity index (χ0n) is 12.1. The van der Waals surface area contributed by atoms with Gasteiger partial charge in [0.1, 0.15) is 0 Å². The Hall–Kier alpha value is -2.30. The maximum atomic E-state index is 12.3. The van der Waals surface area contributed by atoms with E-state index in [-0.39, 0.29) is 11.6 Å². The van der Waals surface area contributed by atoms with E-state index >= 15 is 0 Å². The van der Waals surface area contributed by atoms with Crippen LogP contribution >= 0.6 is 0 Å². The third-order valence-corrected chi connectivity index (χ3v) is 3.98. The molecule has 1 aromatic carbocycles. The van der Waals surface area contributed by atoms with Gasteiger partial charge in [0.15, 0.2) is 0 Å². The van der Waals surface area contributed by atoms with Crippen molar-refractivity contribution in [1.29, 1.82) is 0 Å². The van der Waals surface area contributed by atoms with Crippen molar-refractivity contribution in [2.75, 3.05) is 18.4 Å². The number of nitrogens with one attached hydrogen (secondary N) is 1. The van der Waals surface area contributed by atoms with E-state index in [9.17, 15) is 9.59 Å². The van der Waals surface area contributed by atoms with E-state index in [4.69, 9.17) is 0 Å². The average Bonchev–Trinajstić information content (AvgIpc) is 2.53. The number of nitrogens with zero attached hydrogens (tertiary/aromatic N) is 2. The summed E-state index contributed by atoms with van der Waals surface area (Å²) in [7, 11) is 1.70. The van der Waals surface area contributed by atoms with Gasteiger partial charge < -0.3 is 14.8 Å². The second-order valence-electron chi connectivity index (χ2n) is 5.48. The van der Waals surface area contributed by atoms with Crippen LogP contribution in [0, 0.1) is 0 Å². The Bertz CT molecular complexity index is 730. The maximum Gasteiger partial charge on any atom is 0.321 e. The summed E-state index contributed by atoms with van der Waals surface area (Å²) in [6.07, 6.45) is 4.99. The molecule has 1 aliphatic heterocycles. The largest absolute Gasteiger partial charge is 0.325 e. The van der Waals surface area contributed by atoms with Crippen molar-refractivity contribution in [3.8, 4) is 0 Å². The van der Waals surface area contributed by atoms with Gasteiger partial charge in [-0.3, -0.25) is 4.79 Å². The Kier molecular flexibility index (Phi) is 3.64. The standard InChI is InChI=1S/C16H19N3O2/c1-18-11-14(12-7-3-4-8-13(12)15(18)20)17-16(21)19-9-5-2-6-10-19/h3-4,7-8,11H,2,5-6,9-10H2,1H3,(H,17,21). The van der Waals surface area contributed by atoms with Crippen LogP contribution in [0.5, 0.6) is 0 Å². The molecule has 0 aliphatic carbocycles. The first kappa shape index (κ1) is 13.7. The number of hydrogen-bond donors (Lipinski definition) is 1. The van der Waals surface area contributed by atoms with Crippen LogP contribution < -0.4 is 10.9 Å². The molecule has 2 heterocycles. The third-order valence-electron chi connectivity index (χ3n) is 3.98. The number of urea groups is 1. The van der Waals surface area contributed by atoms with Gasteiger partial charge in [-0.25, -0.2) is 4.79 Å². The fraction of sp³-hybridized carbons (Fsp3) is 0.375. The minimum Gasteiger partial charge on any atom is -0.325 e. The molecule has 1 saturated heterocycles. The minimum absolute atomic E-state index is 0.0541. The Morgan fingerprint density at radius 1 is 1.10 bits per heavy atom. The predicted molar refractivity (Wildman–Crippen MR) is 83.6 cm³/mol. The smallest absolute Gasteiger partial charge is 0.321 e. The summed E-state index contributed by atoms with van der Waals surface area (Å²) in [5.41, 5.74) is 0.629. The van der Waals surface area contributed by atoms with Gasteiger partial charge in [0.2, 0.25) is 0 Å². The number of piperidine rings is 1. The van der Waals surface area contributed by atoms with E-state index in [0.29, 0.717) is 11.1 Å². The highest BCUT2D eigenvalue weighted by Gasteiger charge is 2.17. The van der Waals surface area contributed by atoms with Crippen LogP contribution in [0.15, 0.2) is 35.3 Å². The molecule has 2 amide bonds. The first-order chi connectivity index (χ1) is 10.2. The van der Waals surface area contributed by atoms with Crippen molar-refractivity contribution in [3.63, 3.8) is 0 Å². The number of rotatable bonds is 1. The van der Waals surface area contributed by atoms with E-state index < -0.39 is 0 Å². The van der Waals surface area contributed by atoms with Crippen LogP contribution in [0.25, 0.3) is 10.8 Å². The number of carbonyl (C=O) groups is 1. The molecule has 21 heavy (non-hydrogen) atoms. The molecule has 110 valence electrons. The third kappa shape index (κ3) is 2.63. The highest BCUT2D eigenvalue weighted by Crippen LogP contribution is 2.21. The SMILES string of the molecule is Cn1cc(NC(=O)N2CCCCC2)c2ccccc2c1=O. The number of aromatic nitrogens is 1. The lowest BCUT2D eigenvalue weighted by Crippen LogP contribution is -2.39. The van der Waals surface area contributed by atoms with Gasteiger partial charge in [-0.05, 0) is 25.3 Å². The van der Waals surface area contributed by atoms with Gasteiger partial charge >= 0.3 is 6.03 Å². The van der Waals surface area contributed by atoms with E-state index in [2.05, 4.69) is 5.32 Å². The fourth-order valence-corrected chi connectivity index (χ4v) is 2.81. The van der Waals surface area contributed by atoms with E-state index in [1.165, 1.54) is 11.0 Å². The molecule has 1 aliphatic rings. The van der Waals surface area contributed by atoms with Crippen molar-refractivity contribution in [3.05, 3.63) is 40.8 Å². The van der Waals surface area contributed by atoms with Crippen LogP contribution in [0.2, 0.25) is 0 Å². The number of carbonyl (C=O) groups excluding carboxylic acids is 1. The van der Waals surface area contributed by atoms with E-state index in [0.717, 1.165) is 31.3 Å². The summed E-state index contributed by atoms with van der Waals surface area (Å²) in [4.78, 5) is 26.3. The lowest BCUT2D eigenvalue weighted by atomic mass is 10.1. The molecule has 0 radical (unpaired) electrons. The van der Waals surface area contributed by atoms with Crippen LogP contribution in [0.3, 0.4) is 0 Å². The summed E-state index contributed by atoms with van der Waals surface area (Å²) in [5.74, 6) is 0. The lowest BCUT2D eigenvalue weighted by Gasteiger charge is -2.27. The normalized spacial score (nSPS) is 15.2. The molecule has 0 atom stereocenters. The molecule has 1 N–H and O–H groups in total. The lowest BCUT2D eigenvalue weighted by molar-refractivity contribution is 0.200. The van der Waals surface area contributed by atoms with Crippen LogP contribution in [-0.4, -0.2) is 28.6 Å². The summed E-state index contributed by atoms with van der Waals surface area (Å²) in [5, 5.41) is 4.35. The number of hydrogen-bond acceptors (Lipinski definition) is 2. The molecule has 0 unspecified atom stereocenters. The first-order valence-corrected chi connectivity index (χ1v) is 7.31. The molecule has 2 aromatic rings. The summed E-state index contributed by atoms with van der Waals surface area (Å²) in [6.45, 7) is 1.60. The molecule has 0 saturated carbocycles. The first-order valence-electron chi connectivity index (χ1n) is 7.31. The van der Waals surface area contributed by atoms with Gasteiger partial charge in [-0.15, -0.1) is 0 Å². The molecule has 1 aromatic heterocycles. The molecule has 5 nitrogen and oxygen atoms in total. The highest BCUT2D eigenvalue weighted by atomic mass is 16.2.